The number of hydrogen-bond donors (Lipinski definition) is 1. The van der Waals surface area contributed by atoms with Crippen molar-refractivity contribution in [1.82, 2.24) is 0 Å². The van der Waals surface area contributed by atoms with Crippen LogP contribution in [0.3, 0.4) is 0 Å². The number of halogens is 1. The van der Waals surface area contributed by atoms with Crippen LogP contribution >= 0.6 is 0 Å². The predicted octanol–water partition coefficient (Wildman–Crippen LogP) is 3.71. The Kier molecular flexibility index (Phi) is 4.56. The van der Waals surface area contributed by atoms with Gasteiger partial charge in [0.25, 0.3) is 0 Å². The molecule has 28 heavy (non-hydrogen) atoms. The maximum atomic E-state index is 13.2. The first-order valence-electron chi connectivity index (χ1n) is 8.50. The van der Waals surface area contributed by atoms with E-state index in [9.17, 15) is 17.9 Å². The average Bonchev–Trinajstić information content (AvgIpc) is 3.14. The number of sulfone groups is 1. The van der Waals surface area contributed by atoms with E-state index in [2.05, 4.69) is 0 Å². The summed E-state index contributed by atoms with van der Waals surface area (Å²) in [6, 6.07) is 15.4. The molecule has 144 valence electrons. The molecule has 0 fully saturated rings. The monoisotopic (exact) mass is 400 g/mol. The van der Waals surface area contributed by atoms with Crippen molar-refractivity contribution in [2.45, 2.75) is 11.0 Å². The van der Waals surface area contributed by atoms with Gasteiger partial charge in [-0.05, 0) is 58.7 Å². The van der Waals surface area contributed by atoms with Gasteiger partial charge in [0.15, 0.2) is 21.3 Å². The van der Waals surface area contributed by atoms with Crippen molar-refractivity contribution in [3.8, 4) is 22.6 Å². The van der Waals surface area contributed by atoms with Crippen molar-refractivity contribution in [2.24, 2.45) is 0 Å². The first kappa shape index (κ1) is 18.5. The van der Waals surface area contributed by atoms with Gasteiger partial charge in [-0.2, -0.15) is 0 Å². The number of benzene rings is 3. The van der Waals surface area contributed by atoms with Gasteiger partial charge >= 0.3 is 0 Å². The van der Waals surface area contributed by atoms with Gasteiger partial charge in [-0.3, -0.25) is 0 Å². The first-order valence-corrected chi connectivity index (χ1v) is 10.4. The number of aliphatic hydroxyl groups is 1. The molecule has 0 saturated carbocycles. The Morgan fingerprint density at radius 2 is 1.57 bits per heavy atom. The largest absolute Gasteiger partial charge is 0.454 e. The summed E-state index contributed by atoms with van der Waals surface area (Å²) >= 11 is 0. The van der Waals surface area contributed by atoms with Crippen LogP contribution in [0.25, 0.3) is 11.1 Å². The van der Waals surface area contributed by atoms with Gasteiger partial charge < -0.3 is 14.6 Å². The Labute approximate surface area is 161 Å². The van der Waals surface area contributed by atoms with E-state index in [1.807, 2.05) is 0 Å². The summed E-state index contributed by atoms with van der Waals surface area (Å²) in [5.41, 5.74) is 2.44. The van der Waals surface area contributed by atoms with E-state index in [1.165, 1.54) is 36.4 Å². The van der Waals surface area contributed by atoms with Crippen molar-refractivity contribution >= 4 is 9.84 Å². The van der Waals surface area contributed by atoms with Crippen LogP contribution in [0.5, 0.6) is 11.5 Å². The zero-order chi connectivity index (χ0) is 19.9. The van der Waals surface area contributed by atoms with E-state index in [4.69, 9.17) is 9.47 Å². The number of hydrogen-bond acceptors (Lipinski definition) is 5. The molecule has 1 atom stereocenters. The lowest BCUT2D eigenvalue weighted by Crippen LogP contribution is -2.03. The van der Waals surface area contributed by atoms with E-state index in [0.717, 1.165) is 6.26 Å². The minimum Gasteiger partial charge on any atom is -0.454 e. The summed E-state index contributed by atoms with van der Waals surface area (Å²) in [6.45, 7) is 0.0812. The second-order valence-electron chi connectivity index (χ2n) is 6.54. The van der Waals surface area contributed by atoms with Crippen molar-refractivity contribution in [2.75, 3.05) is 13.0 Å². The zero-order valence-corrected chi connectivity index (χ0v) is 15.7. The molecule has 4 rings (SSSR count). The molecular formula is C21H17FO5S. The van der Waals surface area contributed by atoms with E-state index in [1.54, 1.807) is 24.3 Å². The van der Waals surface area contributed by atoms with Gasteiger partial charge in [-0.25, -0.2) is 12.8 Å². The van der Waals surface area contributed by atoms with E-state index < -0.39 is 21.8 Å². The Morgan fingerprint density at radius 3 is 2.18 bits per heavy atom. The highest BCUT2D eigenvalue weighted by Gasteiger charge is 2.23. The van der Waals surface area contributed by atoms with Crippen molar-refractivity contribution in [3.05, 3.63) is 77.6 Å². The zero-order valence-electron chi connectivity index (χ0n) is 14.9. The van der Waals surface area contributed by atoms with Crippen LogP contribution in [-0.4, -0.2) is 26.6 Å². The molecule has 5 nitrogen and oxygen atoms in total. The SMILES string of the molecule is CS(=O)(=O)c1ccc(-c2cc3c(cc2C(O)c2ccc(F)cc2)OCO3)cc1. The predicted molar refractivity (Wildman–Crippen MR) is 102 cm³/mol. The van der Waals surface area contributed by atoms with Crippen LogP contribution in [0.1, 0.15) is 17.2 Å². The first-order chi connectivity index (χ1) is 13.3. The van der Waals surface area contributed by atoms with Crippen LogP contribution in [0.2, 0.25) is 0 Å². The molecule has 3 aromatic rings. The highest BCUT2D eigenvalue weighted by Crippen LogP contribution is 2.42. The third-order valence-electron chi connectivity index (χ3n) is 4.62. The Balaban J connectivity index is 1.83. The van der Waals surface area contributed by atoms with Gasteiger partial charge in [0.1, 0.15) is 11.9 Å². The summed E-state index contributed by atoms with van der Waals surface area (Å²) in [5.74, 6) is 0.656. The second kappa shape index (κ2) is 6.92. The molecule has 1 aliphatic rings. The van der Waals surface area contributed by atoms with E-state index in [0.29, 0.717) is 33.8 Å². The topological polar surface area (TPSA) is 72.8 Å². The minimum absolute atomic E-state index is 0.0812. The minimum atomic E-state index is -3.31. The highest BCUT2D eigenvalue weighted by molar-refractivity contribution is 7.90. The Bertz CT molecular complexity index is 1120. The van der Waals surface area contributed by atoms with Crippen LogP contribution in [-0.2, 0) is 9.84 Å². The number of fused-ring (bicyclic) bond motifs is 1. The van der Waals surface area contributed by atoms with Crippen molar-refractivity contribution in [3.63, 3.8) is 0 Å². The molecule has 0 saturated heterocycles. The molecule has 0 amide bonds. The third-order valence-corrected chi connectivity index (χ3v) is 5.75. The number of ether oxygens (including phenoxy) is 2. The normalized spacial score (nSPS) is 14.1. The standard InChI is InChI=1S/C21H17FO5S/c1-28(24,25)16-8-4-13(5-9-16)17-10-19-20(27-12-26-19)11-18(17)21(23)14-2-6-15(22)7-3-14/h2-11,21,23H,12H2,1H3. The number of aliphatic hydroxyl groups excluding tert-OH is 1. The Hall–Kier alpha value is -2.90. The summed E-state index contributed by atoms with van der Waals surface area (Å²) in [7, 11) is -3.31. The van der Waals surface area contributed by atoms with Gasteiger partial charge in [-0.15, -0.1) is 0 Å². The summed E-state index contributed by atoms with van der Waals surface area (Å²) < 4.78 is 47.5. The molecular weight excluding hydrogens is 383 g/mol. The van der Waals surface area contributed by atoms with Gasteiger partial charge in [0.05, 0.1) is 4.90 Å². The Morgan fingerprint density at radius 1 is 0.964 bits per heavy atom. The molecule has 1 heterocycles. The molecule has 7 heteroatoms. The van der Waals surface area contributed by atoms with Crippen molar-refractivity contribution in [1.29, 1.82) is 0 Å². The lowest BCUT2D eigenvalue weighted by molar-refractivity contribution is 0.173. The van der Waals surface area contributed by atoms with Crippen molar-refractivity contribution < 1.29 is 27.4 Å². The van der Waals surface area contributed by atoms with E-state index in [-0.39, 0.29) is 11.7 Å². The summed E-state index contributed by atoms with van der Waals surface area (Å²) in [5, 5.41) is 10.9. The fourth-order valence-corrected chi connectivity index (χ4v) is 3.77. The van der Waals surface area contributed by atoms with Crippen LogP contribution in [0.15, 0.2) is 65.6 Å². The molecule has 0 radical (unpaired) electrons. The van der Waals surface area contributed by atoms with E-state index >= 15 is 0 Å². The lowest BCUT2D eigenvalue weighted by Gasteiger charge is -2.17. The maximum Gasteiger partial charge on any atom is 0.231 e. The van der Waals surface area contributed by atoms with Crippen LogP contribution in [0, 0.1) is 5.82 Å². The smallest absolute Gasteiger partial charge is 0.231 e. The third kappa shape index (κ3) is 3.46. The molecule has 0 aliphatic carbocycles. The molecule has 1 unspecified atom stereocenters. The molecule has 1 aliphatic heterocycles. The quantitative estimate of drug-likeness (QED) is 0.723. The van der Waals surface area contributed by atoms with Crippen LogP contribution < -0.4 is 9.47 Å². The molecule has 0 aromatic heterocycles. The van der Waals surface area contributed by atoms with Crippen LogP contribution in [0.4, 0.5) is 4.39 Å². The van der Waals surface area contributed by atoms with Gasteiger partial charge in [0.2, 0.25) is 6.79 Å². The fraction of sp³-hybridized carbons (Fsp3) is 0.143. The summed E-state index contributed by atoms with van der Waals surface area (Å²) in [6.07, 6.45) is 0.117. The molecule has 0 bridgehead atoms. The molecule has 1 N–H and O–H groups in total. The number of rotatable bonds is 4. The van der Waals surface area contributed by atoms with Gasteiger partial charge in [0, 0.05) is 6.26 Å². The highest BCUT2D eigenvalue weighted by atomic mass is 32.2. The van der Waals surface area contributed by atoms with Gasteiger partial charge in [-0.1, -0.05) is 24.3 Å². The second-order valence-corrected chi connectivity index (χ2v) is 8.56. The molecule has 0 spiro atoms. The maximum absolute atomic E-state index is 13.2. The lowest BCUT2D eigenvalue weighted by atomic mass is 9.92. The molecule has 3 aromatic carbocycles. The summed E-state index contributed by atoms with van der Waals surface area (Å²) in [4.78, 5) is 0.206. The average molecular weight is 400 g/mol. The fourth-order valence-electron chi connectivity index (χ4n) is 3.14.